The second-order valence-electron chi connectivity index (χ2n) is 19.9. The minimum atomic E-state index is -0.681. The molecule has 0 bridgehead atoms. The van der Waals surface area contributed by atoms with Crippen molar-refractivity contribution in [2.24, 2.45) is 47.3 Å². The molecule has 396 valence electrons. The molecule has 2 saturated heterocycles. The van der Waals surface area contributed by atoms with Gasteiger partial charge in [-0.15, -0.1) is 5.92 Å². The van der Waals surface area contributed by atoms with Crippen LogP contribution in [0.4, 0.5) is 0 Å². The molecule has 0 amide bonds. The van der Waals surface area contributed by atoms with Gasteiger partial charge in [0.2, 0.25) is 0 Å². The van der Waals surface area contributed by atoms with Crippen molar-refractivity contribution in [1.82, 2.24) is 0 Å². The van der Waals surface area contributed by atoms with Gasteiger partial charge in [0.05, 0.1) is 30.3 Å². The monoisotopic (exact) mass is 977 g/mol. The fraction of sp³-hybridized carbons (Fsp3) is 0.818. The fourth-order valence-corrected chi connectivity index (χ4v) is 11.5. The average Bonchev–Trinajstić information content (AvgIpc) is 3.84. The van der Waals surface area contributed by atoms with Crippen LogP contribution in [0, 0.1) is 59.2 Å². The highest BCUT2D eigenvalue weighted by Crippen LogP contribution is 2.46. The molecule has 0 spiro atoms. The Morgan fingerprint density at radius 1 is 0.594 bits per heavy atom. The fourth-order valence-electron chi connectivity index (χ4n) is 11.5. The third kappa shape index (κ3) is 14.6. The van der Waals surface area contributed by atoms with Gasteiger partial charge in [0.1, 0.15) is 48.8 Å². The zero-order chi connectivity index (χ0) is 50.9. The minimum Gasteiger partial charge on any atom is -0.392 e. The molecule has 2 aliphatic carbocycles. The second kappa shape index (κ2) is 29.6. The number of aliphatic hydroxyl groups excluding tert-OH is 2. The normalized spacial score (nSPS) is 35.8. The first-order chi connectivity index (χ1) is 33.2. The number of ether oxygens (including phenoxy) is 12. The van der Waals surface area contributed by atoms with Crippen molar-refractivity contribution in [1.29, 1.82) is 0 Å². The first kappa shape index (κ1) is 59.5. The molecule has 0 aromatic carbocycles. The van der Waals surface area contributed by atoms with Gasteiger partial charge in [0.15, 0.2) is 12.6 Å². The third-order valence-corrected chi connectivity index (χ3v) is 16.1. The minimum absolute atomic E-state index is 0.00379. The van der Waals surface area contributed by atoms with Crippen LogP contribution in [-0.2, 0) is 56.8 Å². The second-order valence-corrected chi connectivity index (χ2v) is 19.9. The van der Waals surface area contributed by atoms with Crippen LogP contribution in [-0.4, -0.2) is 167 Å². The number of methoxy groups -OCH3 is 9. The molecule has 22 atom stereocenters. The molecule has 14 nitrogen and oxygen atoms in total. The van der Waals surface area contributed by atoms with Gasteiger partial charge < -0.3 is 67.1 Å². The summed E-state index contributed by atoms with van der Waals surface area (Å²) in [7, 11) is 14.9. The van der Waals surface area contributed by atoms with Crippen LogP contribution >= 0.6 is 0 Å². The van der Waals surface area contributed by atoms with Crippen molar-refractivity contribution in [2.75, 3.05) is 70.6 Å². The lowest BCUT2D eigenvalue weighted by molar-refractivity contribution is -0.298. The van der Waals surface area contributed by atoms with Crippen LogP contribution in [0.15, 0.2) is 47.6 Å². The molecule has 2 N–H and O–H groups in total. The summed E-state index contributed by atoms with van der Waals surface area (Å²) in [6.45, 7) is 15.2. The van der Waals surface area contributed by atoms with E-state index < -0.39 is 67.5 Å². The summed E-state index contributed by atoms with van der Waals surface area (Å²) in [5, 5.41) is 23.1. The van der Waals surface area contributed by atoms with Crippen LogP contribution in [0.25, 0.3) is 0 Å². The van der Waals surface area contributed by atoms with Crippen LogP contribution in [0.5, 0.6) is 0 Å². The van der Waals surface area contributed by atoms with Crippen molar-refractivity contribution >= 4 is 0 Å². The molecule has 14 heteroatoms. The van der Waals surface area contributed by atoms with Gasteiger partial charge in [0.25, 0.3) is 0 Å². The van der Waals surface area contributed by atoms with Crippen molar-refractivity contribution in [3.63, 3.8) is 0 Å². The molecular weight excluding hydrogens is 885 g/mol. The van der Waals surface area contributed by atoms with Crippen LogP contribution < -0.4 is 0 Å². The summed E-state index contributed by atoms with van der Waals surface area (Å²) in [6, 6.07) is 0. The highest BCUT2D eigenvalue weighted by Gasteiger charge is 2.50. The SMILES string of the molecule is CC[C@H](OC)[C@@H](C)[C@H]1CC#C[C@@H]1[C@H](O)[C@@H](C)/C=C/C=C(\C)[C@H]1O[C@H](OC)[C@H](OC)[C@@H](OCCC[C@H](OC)[C@@H](C)[C@H]2CC[C@@H]2[C@H](O)[C@@H](C)/C=C/C=C(\C)[C@H]2O[C@@H](OC)[C@H](OC)[C@@H](OC)[C@@H]2OC)[C@@H]1OC. The summed E-state index contributed by atoms with van der Waals surface area (Å²) in [4.78, 5) is 0. The van der Waals surface area contributed by atoms with Crippen LogP contribution in [0.3, 0.4) is 0 Å². The first-order valence-corrected chi connectivity index (χ1v) is 25.4. The topological polar surface area (TPSA) is 151 Å². The zero-order valence-electron chi connectivity index (χ0n) is 44.9. The van der Waals surface area contributed by atoms with E-state index in [1.165, 1.54) is 0 Å². The van der Waals surface area contributed by atoms with Crippen LogP contribution in [0.2, 0.25) is 0 Å². The van der Waals surface area contributed by atoms with Gasteiger partial charge in [-0.05, 0) is 86.7 Å². The van der Waals surface area contributed by atoms with E-state index in [0.29, 0.717) is 12.5 Å². The number of hydrogen-bond acceptors (Lipinski definition) is 14. The lowest BCUT2D eigenvalue weighted by atomic mass is 9.62. The molecule has 2 heterocycles. The van der Waals surface area contributed by atoms with Crippen molar-refractivity contribution in [3.8, 4) is 11.8 Å². The highest BCUT2D eigenvalue weighted by atomic mass is 16.7. The Morgan fingerprint density at radius 3 is 1.54 bits per heavy atom. The summed E-state index contributed by atoms with van der Waals surface area (Å²) in [6.07, 6.45) is 11.5. The van der Waals surface area contributed by atoms with E-state index in [-0.39, 0.29) is 59.7 Å². The predicted octanol–water partition coefficient (Wildman–Crippen LogP) is 7.35. The highest BCUT2D eigenvalue weighted by molar-refractivity contribution is 5.22. The van der Waals surface area contributed by atoms with Gasteiger partial charge in [-0.25, -0.2) is 0 Å². The molecule has 4 rings (SSSR count). The average molecular weight is 977 g/mol. The van der Waals surface area contributed by atoms with Gasteiger partial charge >= 0.3 is 0 Å². The largest absolute Gasteiger partial charge is 0.392 e. The van der Waals surface area contributed by atoms with Crippen LogP contribution in [0.1, 0.15) is 87.0 Å². The molecule has 0 radical (unpaired) electrons. The molecule has 1 saturated carbocycles. The van der Waals surface area contributed by atoms with E-state index >= 15 is 0 Å². The van der Waals surface area contributed by atoms with Crippen molar-refractivity contribution in [2.45, 2.75) is 173 Å². The standard InChI is InChI=1S/C55H92O14/c1-17-42(58-8)36(6)38-26-20-27-40(38)44(56)32(2)22-18-25-35(5)47-49(61-11)51(53(64-14)55(66-16)69-47)67-31-21-28-43(59-9)37(7)39-29-30-41(39)45(57)33(3)23-19-24-34(4)46-48(60-10)50(62-12)52(63-13)54(65-15)68-46/h18-19,22-25,32-33,36-57H,17,21,26,28-31H2,1-16H3/b22-18+,23-19+,34-24+,35-25+/t32-,33-,36-,37-,38+,39+,40-,41-,42-,43-,44+,45+,46+,47+,48+,49+,50-,51-,52+,53+,54+,55-/m0/s1. The van der Waals surface area contributed by atoms with Crippen molar-refractivity contribution < 1.29 is 67.1 Å². The lowest BCUT2D eigenvalue weighted by Gasteiger charge is -2.46. The van der Waals surface area contributed by atoms with E-state index in [9.17, 15) is 10.2 Å². The Morgan fingerprint density at radius 2 is 1.07 bits per heavy atom. The lowest BCUT2D eigenvalue weighted by Crippen LogP contribution is -2.60. The maximum atomic E-state index is 11.6. The molecule has 0 aromatic rings. The van der Waals surface area contributed by atoms with Gasteiger partial charge in [0, 0.05) is 88.9 Å². The summed E-state index contributed by atoms with van der Waals surface area (Å²) < 4.78 is 72.0. The summed E-state index contributed by atoms with van der Waals surface area (Å²) >= 11 is 0. The maximum Gasteiger partial charge on any atom is 0.186 e. The summed E-state index contributed by atoms with van der Waals surface area (Å²) in [5.74, 6) is 7.55. The van der Waals surface area contributed by atoms with E-state index in [1.807, 2.05) is 51.2 Å². The number of aliphatic hydroxyl groups is 2. The van der Waals surface area contributed by atoms with Gasteiger partial charge in [-0.1, -0.05) is 77.0 Å². The number of hydrogen-bond donors (Lipinski definition) is 2. The maximum absolute atomic E-state index is 11.6. The number of rotatable bonds is 29. The van der Waals surface area contributed by atoms with Crippen molar-refractivity contribution in [3.05, 3.63) is 47.6 Å². The van der Waals surface area contributed by atoms with E-state index in [2.05, 4.69) is 45.6 Å². The Balaban J connectivity index is 1.33. The molecule has 0 unspecified atom stereocenters. The van der Waals surface area contributed by atoms with Gasteiger partial charge in [-0.2, -0.15) is 0 Å². The van der Waals surface area contributed by atoms with E-state index in [1.54, 1.807) is 64.0 Å². The summed E-state index contributed by atoms with van der Waals surface area (Å²) in [5.41, 5.74) is 1.88. The third-order valence-electron chi connectivity index (χ3n) is 16.1. The Labute approximate surface area is 416 Å². The Kier molecular flexibility index (Phi) is 25.5. The Hall–Kier alpha value is -2.04. The molecular formula is C55H92O14. The molecule has 69 heavy (non-hydrogen) atoms. The molecule has 4 aliphatic rings. The molecule has 0 aromatic heterocycles. The zero-order valence-corrected chi connectivity index (χ0v) is 44.9. The Bertz CT molecular complexity index is 1670. The number of allylic oxidation sites excluding steroid dienone is 4. The molecule has 2 aliphatic heterocycles. The van der Waals surface area contributed by atoms with E-state index in [4.69, 9.17) is 56.8 Å². The molecule has 3 fully saturated rings. The quantitative estimate of drug-likeness (QED) is 0.0437. The predicted molar refractivity (Wildman–Crippen MR) is 266 cm³/mol. The van der Waals surface area contributed by atoms with E-state index in [0.717, 1.165) is 49.7 Å². The first-order valence-electron chi connectivity index (χ1n) is 25.4. The smallest absolute Gasteiger partial charge is 0.186 e. The van der Waals surface area contributed by atoms with Gasteiger partial charge in [-0.3, -0.25) is 0 Å².